The number of aliphatic hydroxyl groups is 1. The number of pyridine rings is 1. The first kappa shape index (κ1) is 17.7. The van der Waals surface area contributed by atoms with E-state index in [2.05, 4.69) is 21.2 Å². The average molecular weight is 310 g/mol. The van der Waals surface area contributed by atoms with Gasteiger partial charge in [-0.2, -0.15) is 0 Å². The number of carbonyl (C=O) groups excluding carboxylic acids is 2. The molecule has 22 heavy (non-hydrogen) atoms. The van der Waals surface area contributed by atoms with Crippen LogP contribution in [0.5, 0.6) is 0 Å². The van der Waals surface area contributed by atoms with E-state index in [1.807, 2.05) is 0 Å². The number of ether oxygens (including phenoxy) is 1. The third kappa shape index (κ3) is 6.89. The predicted molar refractivity (Wildman–Crippen MR) is 81.3 cm³/mol. The van der Waals surface area contributed by atoms with E-state index in [0.29, 0.717) is 24.3 Å². The maximum Gasteiger partial charge on any atom is 0.426 e. The maximum absolute atomic E-state index is 11.7. The van der Waals surface area contributed by atoms with Crippen LogP contribution in [0.1, 0.15) is 37.6 Å². The Kier molecular flexibility index (Phi) is 6.58. The van der Waals surface area contributed by atoms with E-state index >= 15 is 0 Å². The van der Waals surface area contributed by atoms with Crippen molar-refractivity contribution in [2.75, 3.05) is 18.6 Å². The first-order chi connectivity index (χ1) is 10.3. The van der Waals surface area contributed by atoms with E-state index in [9.17, 15) is 9.59 Å². The summed E-state index contributed by atoms with van der Waals surface area (Å²) < 4.78 is 5.05. The summed E-state index contributed by atoms with van der Waals surface area (Å²) in [7, 11) is 0. The van der Waals surface area contributed by atoms with E-state index in [-0.39, 0.29) is 12.5 Å². The molecule has 8 heteroatoms. The number of nitrogens with zero attached hydrogens (tertiary/aromatic N) is 1. The van der Waals surface area contributed by atoms with Crippen LogP contribution in [-0.4, -0.2) is 40.8 Å². The molecule has 1 rings (SSSR count). The first-order valence-corrected chi connectivity index (χ1v) is 6.92. The van der Waals surface area contributed by atoms with Crippen LogP contribution in [0.2, 0.25) is 0 Å². The fourth-order valence-corrected chi connectivity index (χ4v) is 1.40. The first-order valence-electron chi connectivity index (χ1n) is 6.92. The number of hydrazine groups is 1. The number of hydrogen-bond acceptors (Lipinski definition) is 6. The number of nitrogens with one attached hydrogen (secondary N) is 3. The Balaban J connectivity index is 2.45. The highest BCUT2D eigenvalue weighted by Gasteiger charge is 2.15. The number of carbonyl (C=O) groups is 2. The van der Waals surface area contributed by atoms with E-state index in [4.69, 9.17) is 9.84 Å². The van der Waals surface area contributed by atoms with E-state index in [0.717, 1.165) is 0 Å². The quantitative estimate of drug-likeness (QED) is 0.461. The molecule has 2 amide bonds. The van der Waals surface area contributed by atoms with Gasteiger partial charge in [-0.05, 0) is 39.3 Å². The van der Waals surface area contributed by atoms with Crippen molar-refractivity contribution in [1.29, 1.82) is 0 Å². The molecule has 0 fully saturated rings. The molecular weight excluding hydrogens is 288 g/mol. The summed E-state index contributed by atoms with van der Waals surface area (Å²) in [6.45, 7) is 5.70. The lowest BCUT2D eigenvalue weighted by Gasteiger charge is -2.19. The monoisotopic (exact) mass is 310 g/mol. The van der Waals surface area contributed by atoms with Crippen molar-refractivity contribution in [3.63, 3.8) is 0 Å². The van der Waals surface area contributed by atoms with Gasteiger partial charge in [-0.15, -0.1) is 0 Å². The molecule has 122 valence electrons. The highest BCUT2D eigenvalue weighted by Crippen LogP contribution is 2.07. The van der Waals surface area contributed by atoms with Crippen LogP contribution >= 0.6 is 0 Å². The van der Waals surface area contributed by atoms with Crippen molar-refractivity contribution in [3.05, 3.63) is 23.9 Å². The summed E-state index contributed by atoms with van der Waals surface area (Å²) in [5.74, 6) is 0.102. The summed E-state index contributed by atoms with van der Waals surface area (Å²) >= 11 is 0. The Bertz CT molecular complexity index is 497. The molecule has 0 bridgehead atoms. The smallest absolute Gasteiger partial charge is 0.426 e. The zero-order valence-corrected chi connectivity index (χ0v) is 13.0. The number of anilines is 1. The minimum Gasteiger partial charge on any atom is -0.443 e. The van der Waals surface area contributed by atoms with Gasteiger partial charge in [-0.1, -0.05) is 0 Å². The Morgan fingerprint density at radius 3 is 2.59 bits per heavy atom. The lowest BCUT2D eigenvalue weighted by molar-refractivity contribution is 0.0540. The van der Waals surface area contributed by atoms with Crippen molar-refractivity contribution >= 4 is 17.8 Å². The van der Waals surface area contributed by atoms with Gasteiger partial charge in [0.05, 0.1) is 5.56 Å². The lowest BCUT2D eigenvalue weighted by atomic mass is 10.2. The summed E-state index contributed by atoms with van der Waals surface area (Å²) in [5, 5.41) is 11.3. The van der Waals surface area contributed by atoms with Crippen LogP contribution in [0, 0.1) is 0 Å². The molecular formula is C14H22N4O4. The second-order valence-corrected chi connectivity index (χ2v) is 5.52. The number of aromatic nitrogens is 1. The van der Waals surface area contributed by atoms with Crippen molar-refractivity contribution < 1.29 is 19.4 Å². The molecule has 0 spiro atoms. The summed E-state index contributed by atoms with van der Waals surface area (Å²) in [6, 6.07) is 3.12. The molecule has 0 aliphatic carbocycles. The fourth-order valence-electron chi connectivity index (χ4n) is 1.40. The molecule has 0 saturated carbocycles. The normalized spacial score (nSPS) is 10.7. The van der Waals surface area contributed by atoms with Crippen LogP contribution in [0.15, 0.2) is 18.3 Å². The Hall–Kier alpha value is -2.35. The summed E-state index contributed by atoms with van der Waals surface area (Å²) in [6.07, 6.45) is 1.26. The zero-order chi connectivity index (χ0) is 16.6. The standard InChI is InChI=1S/C14H22N4O4/c1-14(2,3)22-13(21)18-17-11-6-5-10(9-16-11)12(20)15-7-4-8-19/h5-6,9,19H,4,7-8H2,1-3H3,(H,15,20)(H,16,17)(H,18,21). The molecule has 0 aliphatic heterocycles. The van der Waals surface area contributed by atoms with Crippen molar-refractivity contribution in [3.8, 4) is 0 Å². The zero-order valence-electron chi connectivity index (χ0n) is 13.0. The molecule has 0 aliphatic rings. The van der Waals surface area contributed by atoms with Crippen LogP contribution in [0.4, 0.5) is 10.6 Å². The third-order valence-electron chi connectivity index (χ3n) is 2.34. The molecule has 8 nitrogen and oxygen atoms in total. The number of rotatable bonds is 6. The molecule has 1 aromatic rings. The van der Waals surface area contributed by atoms with Gasteiger partial charge in [-0.25, -0.2) is 15.2 Å². The number of aliphatic hydroxyl groups excluding tert-OH is 1. The lowest BCUT2D eigenvalue weighted by Crippen LogP contribution is -2.36. The van der Waals surface area contributed by atoms with Crippen molar-refractivity contribution in [2.45, 2.75) is 32.8 Å². The van der Waals surface area contributed by atoms with Crippen LogP contribution < -0.4 is 16.2 Å². The largest absolute Gasteiger partial charge is 0.443 e. The Morgan fingerprint density at radius 1 is 1.32 bits per heavy atom. The third-order valence-corrected chi connectivity index (χ3v) is 2.34. The minimum absolute atomic E-state index is 0.0255. The van der Waals surface area contributed by atoms with E-state index in [1.165, 1.54) is 6.20 Å². The van der Waals surface area contributed by atoms with E-state index < -0.39 is 11.7 Å². The molecule has 1 heterocycles. The molecule has 0 unspecified atom stereocenters. The number of hydrogen-bond donors (Lipinski definition) is 4. The fraction of sp³-hybridized carbons (Fsp3) is 0.500. The van der Waals surface area contributed by atoms with Crippen LogP contribution in [0.25, 0.3) is 0 Å². The molecule has 4 N–H and O–H groups in total. The van der Waals surface area contributed by atoms with Gasteiger partial charge in [0.2, 0.25) is 0 Å². The Morgan fingerprint density at radius 2 is 2.05 bits per heavy atom. The van der Waals surface area contributed by atoms with Gasteiger partial charge in [0.1, 0.15) is 11.4 Å². The molecule has 1 aromatic heterocycles. The van der Waals surface area contributed by atoms with Gasteiger partial charge in [0.15, 0.2) is 0 Å². The SMILES string of the molecule is CC(C)(C)OC(=O)NNc1ccc(C(=O)NCCCO)cn1. The van der Waals surface area contributed by atoms with Gasteiger partial charge in [0, 0.05) is 19.3 Å². The molecule has 0 atom stereocenters. The average Bonchev–Trinajstić information content (AvgIpc) is 2.44. The van der Waals surface area contributed by atoms with Crippen LogP contribution in [-0.2, 0) is 4.74 Å². The maximum atomic E-state index is 11.7. The molecule has 0 aromatic carbocycles. The second-order valence-electron chi connectivity index (χ2n) is 5.52. The second kappa shape index (κ2) is 8.18. The van der Waals surface area contributed by atoms with Gasteiger partial charge >= 0.3 is 6.09 Å². The molecule has 0 radical (unpaired) electrons. The van der Waals surface area contributed by atoms with Gasteiger partial charge in [-0.3, -0.25) is 10.2 Å². The van der Waals surface area contributed by atoms with Gasteiger partial charge < -0.3 is 15.2 Å². The van der Waals surface area contributed by atoms with Crippen LogP contribution in [0.3, 0.4) is 0 Å². The van der Waals surface area contributed by atoms with Crippen molar-refractivity contribution in [2.24, 2.45) is 0 Å². The highest BCUT2D eigenvalue weighted by atomic mass is 16.6. The van der Waals surface area contributed by atoms with E-state index in [1.54, 1.807) is 32.9 Å². The summed E-state index contributed by atoms with van der Waals surface area (Å²) in [5.41, 5.74) is 4.73. The number of amides is 2. The predicted octanol–water partition coefficient (Wildman–Crippen LogP) is 1.05. The minimum atomic E-state index is -0.625. The van der Waals surface area contributed by atoms with Gasteiger partial charge in [0.25, 0.3) is 5.91 Å². The Labute approximate surface area is 129 Å². The topological polar surface area (TPSA) is 113 Å². The van der Waals surface area contributed by atoms with Crippen molar-refractivity contribution in [1.82, 2.24) is 15.7 Å². The highest BCUT2D eigenvalue weighted by molar-refractivity contribution is 5.94. The summed E-state index contributed by atoms with van der Waals surface area (Å²) in [4.78, 5) is 27.2. The molecule has 0 saturated heterocycles.